The summed E-state index contributed by atoms with van der Waals surface area (Å²) < 4.78 is 0. The first-order chi connectivity index (χ1) is 15.4. The van der Waals surface area contributed by atoms with Gasteiger partial charge in [-0.3, -0.25) is 24.2 Å². The lowest BCUT2D eigenvalue weighted by molar-refractivity contribution is -0.143. The molecule has 33 heavy (non-hydrogen) atoms. The number of aliphatic carboxylic acids is 1. The van der Waals surface area contributed by atoms with Crippen molar-refractivity contribution in [3.63, 3.8) is 0 Å². The van der Waals surface area contributed by atoms with Crippen molar-refractivity contribution in [2.24, 2.45) is 27.9 Å². The van der Waals surface area contributed by atoms with Gasteiger partial charge < -0.3 is 44.0 Å². The number of guanidine groups is 1. The van der Waals surface area contributed by atoms with E-state index in [1.165, 1.54) is 18.7 Å². The molecule has 15 heteroatoms. The number of hydrogen-bond donors (Lipinski definition) is 8. The van der Waals surface area contributed by atoms with Crippen LogP contribution < -0.4 is 38.9 Å². The van der Waals surface area contributed by atoms with Gasteiger partial charge in [-0.25, -0.2) is 4.79 Å². The summed E-state index contributed by atoms with van der Waals surface area (Å²) >= 11 is 1.41. The molecule has 14 nitrogen and oxygen atoms in total. The van der Waals surface area contributed by atoms with E-state index in [1.54, 1.807) is 6.26 Å². The number of nitrogens with two attached hydrogens (primary N) is 4. The van der Waals surface area contributed by atoms with Crippen LogP contribution in [0.25, 0.3) is 0 Å². The molecule has 0 saturated heterocycles. The number of rotatable bonds is 16. The molecular formula is C18H34N8O6S. The van der Waals surface area contributed by atoms with Gasteiger partial charge in [-0.15, -0.1) is 0 Å². The summed E-state index contributed by atoms with van der Waals surface area (Å²) in [5.41, 5.74) is 21.2. The molecular weight excluding hydrogens is 456 g/mol. The molecule has 0 aliphatic rings. The van der Waals surface area contributed by atoms with E-state index in [2.05, 4.69) is 20.9 Å². The number of carboxylic acids is 1. The molecule has 0 radical (unpaired) electrons. The lowest BCUT2D eigenvalue weighted by atomic mass is 10.1. The summed E-state index contributed by atoms with van der Waals surface area (Å²) in [5, 5.41) is 16.3. The second-order valence-electron chi connectivity index (χ2n) is 7.20. The molecule has 0 aliphatic heterocycles. The summed E-state index contributed by atoms with van der Waals surface area (Å²) in [4.78, 5) is 63.4. The van der Waals surface area contributed by atoms with E-state index in [4.69, 9.17) is 28.0 Å². The fraction of sp³-hybridized carbons (Fsp3) is 0.667. The van der Waals surface area contributed by atoms with Gasteiger partial charge in [0, 0.05) is 6.54 Å². The molecule has 0 heterocycles. The molecule has 0 spiro atoms. The fourth-order valence-electron chi connectivity index (χ4n) is 2.51. The van der Waals surface area contributed by atoms with E-state index in [0.29, 0.717) is 18.7 Å². The summed E-state index contributed by atoms with van der Waals surface area (Å²) in [6.45, 7) is 1.72. The molecule has 12 N–H and O–H groups in total. The Labute approximate surface area is 196 Å². The van der Waals surface area contributed by atoms with Crippen LogP contribution in [0, 0.1) is 0 Å². The molecule has 0 aliphatic carbocycles. The first-order valence-corrected chi connectivity index (χ1v) is 11.5. The Hall–Kier alpha value is -3.07. The van der Waals surface area contributed by atoms with Crippen LogP contribution in [0.4, 0.5) is 0 Å². The summed E-state index contributed by atoms with van der Waals surface area (Å²) in [6.07, 6.45) is 2.12. The third kappa shape index (κ3) is 13.2. The van der Waals surface area contributed by atoms with Crippen molar-refractivity contribution < 1.29 is 29.1 Å². The minimum atomic E-state index is -1.53. The maximum absolute atomic E-state index is 12.5. The van der Waals surface area contributed by atoms with Crippen LogP contribution in [0.3, 0.4) is 0 Å². The Morgan fingerprint density at radius 1 is 0.939 bits per heavy atom. The Bertz CT molecular complexity index is 731. The topological polar surface area (TPSA) is 258 Å². The second-order valence-corrected chi connectivity index (χ2v) is 8.18. The number of nitrogens with one attached hydrogen (secondary N) is 3. The van der Waals surface area contributed by atoms with Gasteiger partial charge in [0.15, 0.2) is 5.96 Å². The van der Waals surface area contributed by atoms with Crippen LogP contribution in [0.1, 0.15) is 32.6 Å². The average Bonchev–Trinajstić information content (AvgIpc) is 2.72. The van der Waals surface area contributed by atoms with Gasteiger partial charge >= 0.3 is 5.97 Å². The first-order valence-electron chi connectivity index (χ1n) is 10.1. The number of amides is 4. The summed E-state index contributed by atoms with van der Waals surface area (Å²) in [5.74, 6) is -3.96. The number of aliphatic imine (C=N–C) groups is 1. The molecule has 4 atom stereocenters. The normalized spacial score (nSPS) is 14.2. The monoisotopic (exact) mass is 490 g/mol. The highest BCUT2D eigenvalue weighted by atomic mass is 32.2. The van der Waals surface area contributed by atoms with Crippen LogP contribution in [-0.4, -0.2) is 83.4 Å². The van der Waals surface area contributed by atoms with Crippen LogP contribution >= 0.6 is 11.8 Å². The number of thioether (sulfide) groups is 1. The quantitative estimate of drug-likeness (QED) is 0.0602. The van der Waals surface area contributed by atoms with Crippen LogP contribution in [-0.2, 0) is 24.0 Å². The maximum Gasteiger partial charge on any atom is 0.326 e. The summed E-state index contributed by atoms with van der Waals surface area (Å²) in [6, 6.07) is -4.54. The van der Waals surface area contributed by atoms with Crippen LogP contribution in [0.2, 0.25) is 0 Å². The van der Waals surface area contributed by atoms with Gasteiger partial charge in [0.25, 0.3) is 0 Å². The predicted octanol–water partition coefficient (Wildman–Crippen LogP) is -3.45. The zero-order valence-corrected chi connectivity index (χ0v) is 19.5. The van der Waals surface area contributed by atoms with E-state index in [9.17, 15) is 24.0 Å². The number of primary amides is 1. The molecule has 188 valence electrons. The van der Waals surface area contributed by atoms with E-state index >= 15 is 0 Å². The van der Waals surface area contributed by atoms with Crippen molar-refractivity contribution in [1.82, 2.24) is 16.0 Å². The molecule has 0 aromatic rings. The zero-order valence-electron chi connectivity index (χ0n) is 18.7. The molecule has 0 saturated carbocycles. The molecule has 4 amide bonds. The van der Waals surface area contributed by atoms with Crippen LogP contribution in [0.5, 0.6) is 0 Å². The molecule has 0 fully saturated rings. The van der Waals surface area contributed by atoms with E-state index in [0.717, 1.165) is 0 Å². The number of carboxylic acid groups (broad SMARTS) is 1. The minimum Gasteiger partial charge on any atom is -0.480 e. The van der Waals surface area contributed by atoms with Crippen molar-refractivity contribution in [3.05, 3.63) is 0 Å². The van der Waals surface area contributed by atoms with Gasteiger partial charge in [0.05, 0.1) is 12.5 Å². The third-order valence-electron chi connectivity index (χ3n) is 4.32. The van der Waals surface area contributed by atoms with Gasteiger partial charge in [0.1, 0.15) is 18.1 Å². The number of nitrogens with zero attached hydrogens (tertiary/aromatic N) is 1. The standard InChI is InChI=1S/C18H34N8O6S/c1-9(24-15(29)10(19)4-3-6-23-18(21)22)14(28)25-11(5-7-33-2)16(30)26-12(17(31)32)8-13(20)27/h9-12H,3-8,19H2,1-2H3,(H2,20,27)(H,24,29)(H,25,28)(H,26,30)(H,31,32)(H4,21,22,23). The van der Waals surface area contributed by atoms with E-state index in [-0.39, 0.29) is 18.8 Å². The highest BCUT2D eigenvalue weighted by Crippen LogP contribution is 2.04. The highest BCUT2D eigenvalue weighted by molar-refractivity contribution is 7.98. The smallest absolute Gasteiger partial charge is 0.326 e. The first kappa shape index (κ1) is 29.9. The average molecular weight is 491 g/mol. The number of carbonyl (C=O) groups is 5. The SMILES string of the molecule is CSCCC(NC(=O)C(C)NC(=O)C(N)CCCN=C(N)N)C(=O)NC(CC(N)=O)C(=O)O. The Morgan fingerprint density at radius 2 is 1.55 bits per heavy atom. The minimum absolute atomic E-state index is 0.0670. The van der Waals surface area contributed by atoms with Gasteiger partial charge in [-0.1, -0.05) is 0 Å². The molecule has 0 aromatic carbocycles. The van der Waals surface area contributed by atoms with Gasteiger partial charge in [-0.05, 0) is 38.2 Å². The Morgan fingerprint density at radius 3 is 2.06 bits per heavy atom. The van der Waals surface area contributed by atoms with Crippen molar-refractivity contribution in [1.29, 1.82) is 0 Å². The summed E-state index contributed by atoms with van der Waals surface area (Å²) in [7, 11) is 0. The number of hydrogen-bond acceptors (Lipinski definition) is 8. The second kappa shape index (κ2) is 15.7. The highest BCUT2D eigenvalue weighted by Gasteiger charge is 2.29. The van der Waals surface area contributed by atoms with Gasteiger partial charge in [0.2, 0.25) is 23.6 Å². The predicted molar refractivity (Wildman–Crippen MR) is 124 cm³/mol. The van der Waals surface area contributed by atoms with E-state index in [1.807, 2.05) is 0 Å². The largest absolute Gasteiger partial charge is 0.480 e. The third-order valence-corrected chi connectivity index (χ3v) is 4.96. The lowest BCUT2D eigenvalue weighted by Crippen LogP contribution is -2.56. The molecule has 4 unspecified atom stereocenters. The van der Waals surface area contributed by atoms with Crippen molar-refractivity contribution >= 4 is 47.3 Å². The van der Waals surface area contributed by atoms with E-state index < -0.39 is 60.2 Å². The van der Waals surface area contributed by atoms with Crippen LogP contribution in [0.15, 0.2) is 4.99 Å². The van der Waals surface area contributed by atoms with Crippen molar-refractivity contribution in [2.75, 3.05) is 18.6 Å². The fourth-order valence-corrected chi connectivity index (χ4v) is 2.98. The Balaban J connectivity index is 4.95. The lowest BCUT2D eigenvalue weighted by Gasteiger charge is -2.23. The number of carbonyl (C=O) groups excluding carboxylic acids is 4. The maximum atomic E-state index is 12.5. The van der Waals surface area contributed by atoms with Gasteiger partial charge in [-0.2, -0.15) is 11.8 Å². The van der Waals surface area contributed by atoms with Crippen molar-refractivity contribution in [3.8, 4) is 0 Å². The Kier molecular flexibility index (Phi) is 14.2. The molecule has 0 bridgehead atoms. The molecule has 0 rings (SSSR count). The zero-order chi connectivity index (χ0) is 25.6. The molecule has 0 aromatic heterocycles. The van der Waals surface area contributed by atoms with Crippen molar-refractivity contribution in [2.45, 2.75) is 56.8 Å².